The molecular formula is C15H22N2O5. The van der Waals surface area contributed by atoms with Gasteiger partial charge in [0, 0.05) is 19.3 Å². The number of aromatic nitrogens is 1. The summed E-state index contributed by atoms with van der Waals surface area (Å²) in [7, 11) is 0. The number of hydrogen-bond acceptors (Lipinski definition) is 4. The first-order chi connectivity index (χ1) is 10.5. The molecule has 0 fully saturated rings. The predicted molar refractivity (Wildman–Crippen MR) is 81.1 cm³/mol. The molecule has 0 spiro atoms. The van der Waals surface area contributed by atoms with Crippen molar-refractivity contribution < 1.29 is 19.4 Å². The number of carboxylic acids is 1. The molecule has 7 nitrogen and oxygen atoms in total. The van der Waals surface area contributed by atoms with E-state index >= 15 is 0 Å². The number of nitrogens with zero attached hydrogens (tertiary/aromatic N) is 2. The van der Waals surface area contributed by atoms with Crippen LogP contribution in [0, 0.1) is 0 Å². The van der Waals surface area contributed by atoms with Crippen molar-refractivity contribution in [3.63, 3.8) is 0 Å². The zero-order valence-electron chi connectivity index (χ0n) is 13.1. The first-order valence-corrected chi connectivity index (χ1v) is 7.30. The summed E-state index contributed by atoms with van der Waals surface area (Å²) in [6, 6.07) is 2.02. The lowest BCUT2D eigenvalue weighted by molar-refractivity contribution is -0.141. The van der Waals surface area contributed by atoms with Gasteiger partial charge in [-0.25, -0.2) is 4.79 Å². The van der Waals surface area contributed by atoms with Gasteiger partial charge >= 0.3 is 5.97 Å². The Labute approximate surface area is 129 Å². The zero-order valence-corrected chi connectivity index (χ0v) is 13.1. The van der Waals surface area contributed by atoms with Gasteiger partial charge in [-0.2, -0.15) is 0 Å². The molecule has 0 aromatic carbocycles. The van der Waals surface area contributed by atoms with Crippen molar-refractivity contribution >= 4 is 11.9 Å². The maximum atomic E-state index is 12.2. The van der Waals surface area contributed by atoms with Gasteiger partial charge in [0.25, 0.3) is 11.5 Å². The number of ether oxygens (including phenoxy) is 1. The fraction of sp³-hybridized carbons (Fsp3) is 0.533. The van der Waals surface area contributed by atoms with Gasteiger partial charge in [-0.15, -0.1) is 0 Å². The second-order valence-electron chi connectivity index (χ2n) is 4.70. The SMILES string of the molecule is CCC(C(=O)O)n1cccc(OCC(=O)N(CC)CC)c1=O. The summed E-state index contributed by atoms with van der Waals surface area (Å²) in [4.78, 5) is 36.9. The quantitative estimate of drug-likeness (QED) is 0.777. The number of pyridine rings is 1. The van der Waals surface area contributed by atoms with E-state index in [1.165, 1.54) is 18.3 Å². The number of aliphatic carboxylic acids is 1. The van der Waals surface area contributed by atoms with Crippen molar-refractivity contribution in [3.8, 4) is 5.75 Å². The van der Waals surface area contributed by atoms with Crippen molar-refractivity contribution in [3.05, 3.63) is 28.7 Å². The molecule has 1 aromatic heterocycles. The Kier molecular flexibility index (Phi) is 6.62. The van der Waals surface area contributed by atoms with Crippen LogP contribution < -0.4 is 10.3 Å². The molecule has 122 valence electrons. The minimum absolute atomic E-state index is 0.0253. The van der Waals surface area contributed by atoms with Crippen LogP contribution in [0.25, 0.3) is 0 Å². The van der Waals surface area contributed by atoms with Gasteiger partial charge in [-0.05, 0) is 32.4 Å². The van der Waals surface area contributed by atoms with Gasteiger partial charge in [0.2, 0.25) is 0 Å². The van der Waals surface area contributed by atoms with Gasteiger partial charge in [0.05, 0.1) is 0 Å². The van der Waals surface area contributed by atoms with Crippen molar-refractivity contribution in [1.82, 2.24) is 9.47 Å². The van der Waals surface area contributed by atoms with E-state index in [0.29, 0.717) is 13.1 Å². The summed E-state index contributed by atoms with van der Waals surface area (Å²) in [5.41, 5.74) is -0.552. The lowest BCUT2D eigenvalue weighted by atomic mass is 10.2. The lowest BCUT2D eigenvalue weighted by Crippen LogP contribution is -2.36. The normalized spacial score (nSPS) is 11.8. The molecule has 0 aliphatic rings. The summed E-state index contributed by atoms with van der Waals surface area (Å²) in [6.45, 7) is 6.28. The van der Waals surface area contributed by atoms with E-state index in [2.05, 4.69) is 0 Å². The van der Waals surface area contributed by atoms with E-state index in [9.17, 15) is 14.4 Å². The van der Waals surface area contributed by atoms with Crippen LogP contribution >= 0.6 is 0 Å². The molecule has 1 atom stereocenters. The second kappa shape index (κ2) is 8.21. The first-order valence-electron chi connectivity index (χ1n) is 7.30. The molecule has 1 aromatic rings. The molecule has 1 heterocycles. The number of carboxylic acid groups (broad SMARTS) is 1. The van der Waals surface area contributed by atoms with Crippen LogP contribution in [0.3, 0.4) is 0 Å². The van der Waals surface area contributed by atoms with E-state index in [1.807, 2.05) is 13.8 Å². The van der Waals surface area contributed by atoms with Gasteiger partial charge in [-0.3, -0.25) is 14.2 Å². The van der Waals surface area contributed by atoms with E-state index in [-0.39, 0.29) is 24.7 Å². The Morgan fingerprint density at radius 1 is 1.32 bits per heavy atom. The Bertz CT molecular complexity index is 578. The topological polar surface area (TPSA) is 88.8 Å². The number of carbonyl (C=O) groups excluding carboxylic acids is 1. The predicted octanol–water partition coefficient (Wildman–Crippen LogP) is 1.13. The summed E-state index contributed by atoms with van der Waals surface area (Å²) >= 11 is 0. The largest absolute Gasteiger partial charge is 0.480 e. The zero-order chi connectivity index (χ0) is 16.7. The van der Waals surface area contributed by atoms with E-state index in [1.54, 1.807) is 11.8 Å². The highest BCUT2D eigenvalue weighted by atomic mass is 16.5. The molecule has 1 amide bonds. The van der Waals surface area contributed by atoms with E-state index < -0.39 is 17.6 Å². The summed E-state index contributed by atoms with van der Waals surface area (Å²) in [6.07, 6.45) is 1.68. The first kappa shape index (κ1) is 17.7. The fourth-order valence-corrected chi connectivity index (χ4v) is 2.14. The van der Waals surface area contributed by atoms with Gasteiger partial charge < -0.3 is 14.7 Å². The minimum atomic E-state index is -1.08. The number of rotatable bonds is 8. The molecule has 1 N–H and O–H groups in total. The maximum Gasteiger partial charge on any atom is 0.326 e. The number of amides is 1. The summed E-state index contributed by atoms with van der Waals surface area (Å²) in [5, 5.41) is 9.14. The lowest BCUT2D eigenvalue weighted by Gasteiger charge is -2.19. The highest BCUT2D eigenvalue weighted by molar-refractivity contribution is 5.77. The third-order valence-electron chi connectivity index (χ3n) is 3.41. The number of hydrogen-bond donors (Lipinski definition) is 1. The minimum Gasteiger partial charge on any atom is -0.480 e. The summed E-state index contributed by atoms with van der Waals surface area (Å²) in [5.74, 6) is -1.33. The summed E-state index contributed by atoms with van der Waals surface area (Å²) < 4.78 is 6.39. The Morgan fingerprint density at radius 2 is 1.95 bits per heavy atom. The smallest absolute Gasteiger partial charge is 0.326 e. The van der Waals surface area contributed by atoms with Crippen molar-refractivity contribution in [2.45, 2.75) is 33.2 Å². The Balaban J connectivity index is 2.92. The molecule has 0 bridgehead atoms. The number of likely N-dealkylation sites (N-methyl/N-ethyl adjacent to an activating group) is 1. The fourth-order valence-electron chi connectivity index (χ4n) is 2.14. The van der Waals surface area contributed by atoms with E-state index in [0.717, 1.165) is 4.57 Å². The van der Waals surface area contributed by atoms with Gasteiger partial charge in [0.15, 0.2) is 12.4 Å². The van der Waals surface area contributed by atoms with E-state index in [4.69, 9.17) is 9.84 Å². The molecule has 22 heavy (non-hydrogen) atoms. The van der Waals surface area contributed by atoms with Crippen LogP contribution in [0.1, 0.15) is 33.2 Å². The van der Waals surface area contributed by atoms with Crippen LogP contribution in [0.15, 0.2) is 23.1 Å². The number of carbonyl (C=O) groups is 2. The van der Waals surface area contributed by atoms with Crippen LogP contribution in [0.2, 0.25) is 0 Å². The maximum absolute atomic E-state index is 12.2. The van der Waals surface area contributed by atoms with Gasteiger partial charge in [0.1, 0.15) is 6.04 Å². The third kappa shape index (κ3) is 4.09. The van der Waals surface area contributed by atoms with Crippen LogP contribution in [-0.2, 0) is 9.59 Å². The van der Waals surface area contributed by atoms with Crippen LogP contribution in [-0.4, -0.2) is 46.1 Å². The van der Waals surface area contributed by atoms with Crippen LogP contribution in [0.5, 0.6) is 5.75 Å². The molecule has 7 heteroatoms. The Hall–Kier alpha value is -2.31. The molecule has 0 aliphatic carbocycles. The monoisotopic (exact) mass is 310 g/mol. The molecule has 1 unspecified atom stereocenters. The second-order valence-corrected chi connectivity index (χ2v) is 4.70. The molecule has 1 rings (SSSR count). The average molecular weight is 310 g/mol. The highest BCUT2D eigenvalue weighted by Gasteiger charge is 2.20. The molecule has 0 saturated carbocycles. The Morgan fingerprint density at radius 3 is 2.45 bits per heavy atom. The average Bonchev–Trinajstić information content (AvgIpc) is 2.49. The molecule has 0 saturated heterocycles. The van der Waals surface area contributed by atoms with Crippen molar-refractivity contribution in [2.75, 3.05) is 19.7 Å². The van der Waals surface area contributed by atoms with Crippen molar-refractivity contribution in [2.24, 2.45) is 0 Å². The standard InChI is InChI=1S/C15H22N2O5/c1-4-11(15(20)21)17-9-7-8-12(14(17)19)22-10-13(18)16(5-2)6-3/h7-9,11H,4-6,10H2,1-3H3,(H,20,21). The third-order valence-corrected chi connectivity index (χ3v) is 3.41. The molecule has 0 aliphatic heterocycles. The van der Waals surface area contributed by atoms with Crippen LogP contribution in [0.4, 0.5) is 0 Å². The molecule has 0 radical (unpaired) electrons. The van der Waals surface area contributed by atoms with Gasteiger partial charge in [-0.1, -0.05) is 6.92 Å². The highest BCUT2D eigenvalue weighted by Crippen LogP contribution is 2.11. The van der Waals surface area contributed by atoms with Crippen molar-refractivity contribution in [1.29, 1.82) is 0 Å². The molecular weight excluding hydrogens is 288 g/mol.